The summed E-state index contributed by atoms with van der Waals surface area (Å²) < 4.78 is 9.78. The van der Waals surface area contributed by atoms with Crippen LogP contribution in [0.3, 0.4) is 0 Å². The molecule has 1 unspecified atom stereocenters. The SMILES string of the molecule is CCCN(C(=O)CNC(=O)OC(C)(C)C)C(C(=O)NCC(=O)OC)c1c(C)cccc1C. The van der Waals surface area contributed by atoms with Crippen molar-refractivity contribution in [3.8, 4) is 0 Å². The van der Waals surface area contributed by atoms with E-state index in [2.05, 4.69) is 15.4 Å². The minimum Gasteiger partial charge on any atom is -0.468 e. The van der Waals surface area contributed by atoms with Crippen LogP contribution in [-0.2, 0) is 23.9 Å². The van der Waals surface area contributed by atoms with E-state index < -0.39 is 35.5 Å². The Balaban J connectivity index is 3.23. The van der Waals surface area contributed by atoms with Crippen LogP contribution in [0.2, 0.25) is 0 Å². The lowest BCUT2D eigenvalue weighted by atomic mass is 9.94. The van der Waals surface area contributed by atoms with Crippen molar-refractivity contribution in [2.24, 2.45) is 0 Å². The number of amides is 3. The largest absolute Gasteiger partial charge is 0.468 e. The summed E-state index contributed by atoms with van der Waals surface area (Å²) >= 11 is 0. The van der Waals surface area contributed by atoms with Crippen molar-refractivity contribution >= 4 is 23.9 Å². The number of benzene rings is 1. The number of carbonyl (C=O) groups is 4. The van der Waals surface area contributed by atoms with E-state index in [1.165, 1.54) is 12.0 Å². The summed E-state index contributed by atoms with van der Waals surface area (Å²) in [5.41, 5.74) is 1.63. The number of nitrogens with zero attached hydrogens (tertiary/aromatic N) is 1. The highest BCUT2D eigenvalue weighted by atomic mass is 16.6. The van der Waals surface area contributed by atoms with Gasteiger partial charge in [-0.3, -0.25) is 14.4 Å². The maximum absolute atomic E-state index is 13.2. The standard InChI is InChI=1S/C23H35N3O6/c1-8-12-26(17(27)13-25-22(30)32-23(4,5)6)20(21(29)24-14-18(28)31-7)19-15(2)10-9-11-16(19)3/h9-11,20H,8,12-14H2,1-7H3,(H,24,29)(H,25,30). The molecule has 0 aromatic heterocycles. The summed E-state index contributed by atoms with van der Waals surface area (Å²) in [7, 11) is 1.23. The van der Waals surface area contributed by atoms with E-state index in [0.717, 1.165) is 11.1 Å². The fourth-order valence-corrected chi connectivity index (χ4v) is 3.22. The molecule has 0 aliphatic rings. The second kappa shape index (κ2) is 12.1. The van der Waals surface area contributed by atoms with Crippen LogP contribution >= 0.6 is 0 Å². The van der Waals surface area contributed by atoms with Crippen LogP contribution in [0.1, 0.15) is 56.8 Å². The first-order valence-electron chi connectivity index (χ1n) is 10.6. The molecule has 9 nitrogen and oxygen atoms in total. The van der Waals surface area contributed by atoms with Gasteiger partial charge in [0, 0.05) is 6.54 Å². The maximum atomic E-state index is 13.2. The number of ether oxygens (including phenoxy) is 2. The number of hydrogen-bond donors (Lipinski definition) is 2. The number of carbonyl (C=O) groups excluding carboxylic acids is 4. The van der Waals surface area contributed by atoms with Crippen molar-refractivity contribution in [3.05, 3.63) is 34.9 Å². The number of hydrogen-bond acceptors (Lipinski definition) is 6. The van der Waals surface area contributed by atoms with Crippen LogP contribution in [0.15, 0.2) is 18.2 Å². The molecule has 1 aromatic carbocycles. The number of nitrogens with one attached hydrogen (secondary N) is 2. The van der Waals surface area contributed by atoms with Gasteiger partial charge in [-0.1, -0.05) is 25.1 Å². The van der Waals surface area contributed by atoms with Crippen molar-refractivity contribution in [1.82, 2.24) is 15.5 Å². The van der Waals surface area contributed by atoms with Crippen molar-refractivity contribution in [2.45, 2.75) is 59.6 Å². The van der Waals surface area contributed by atoms with Crippen LogP contribution in [0.5, 0.6) is 0 Å². The van der Waals surface area contributed by atoms with Gasteiger partial charge < -0.3 is 25.0 Å². The third kappa shape index (κ3) is 8.20. The Morgan fingerprint density at radius 1 is 1.03 bits per heavy atom. The average Bonchev–Trinajstić information content (AvgIpc) is 2.70. The Labute approximate surface area is 189 Å². The predicted octanol–water partition coefficient (Wildman–Crippen LogP) is 2.40. The van der Waals surface area contributed by atoms with E-state index in [1.807, 2.05) is 39.0 Å². The average molecular weight is 450 g/mol. The van der Waals surface area contributed by atoms with Gasteiger partial charge in [-0.05, 0) is 57.7 Å². The minimum absolute atomic E-state index is 0.277. The topological polar surface area (TPSA) is 114 Å². The zero-order chi connectivity index (χ0) is 24.5. The summed E-state index contributed by atoms with van der Waals surface area (Å²) in [6, 6.07) is 4.61. The third-order valence-electron chi connectivity index (χ3n) is 4.58. The molecule has 0 aliphatic carbocycles. The summed E-state index contributed by atoms with van der Waals surface area (Å²) in [5.74, 6) is -1.55. The molecule has 0 saturated heterocycles. The van der Waals surface area contributed by atoms with Crippen LogP contribution in [0, 0.1) is 13.8 Å². The van der Waals surface area contributed by atoms with E-state index in [-0.39, 0.29) is 19.6 Å². The first-order valence-corrected chi connectivity index (χ1v) is 10.6. The smallest absolute Gasteiger partial charge is 0.408 e. The van der Waals surface area contributed by atoms with Gasteiger partial charge in [-0.2, -0.15) is 0 Å². The molecule has 0 aliphatic heterocycles. The van der Waals surface area contributed by atoms with Gasteiger partial charge in [0.25, 0.3) is 0 Å². The first-order chi connectivity index (χ1) is 14.9. The van der Waals surface area contributed by atoms with Gasteiger partial charge in [0.05, 0.1) is 7.11 Å². The highest BCUT2D eigenvalue weighted by Gasteiger charge is 2.33. The highest BCUT2D eigenvalue weighted by molar-refractivity contribution is 5.92. The number of alkyl carbamates (subject to hydrolysis) is 1. The molecule has 178 valence electrons. The molecule has 0 heterocycles. The van der Waals surface area contributed by atoms with E-state index in [9.17, 15) is 19.2 Å². The van der Waals surface area contributed by atoms with E-state index >= 15 is 0 Å². The number of aryl methyl sites for hydroxylation is 2. The lowest BCUT2D eigenvalue weighted by Gasteiger charge is -2.33. The molecule has 0 radical (unpaired) electrons. The number of rotatable bonds is 9. The summed E-state index contributed by atoms with van der Waals surface area (Å²) in [5, 5.41) is 5.01. The molecule has 1 rings (SSSR count). The van der Waals surface area contributed by atoms with Crippen LogP contribution in [0.25, 0.3) is 0 Å². The monoisotopic (exact) mass is 449 g/mol. The second-order valence-corrected chi connectivity index (χ2v) is 8.44. The lowest BCUT2D eigenvalue weighted by molar-refractivity contribution is -0.143. The molecule has 3 amide bonds. The Morgan fingerprint density at radius 2 is 1.62 bits per heavy atom. The quantitative estimate of drug-likeness (QED) is 0.560. The van der Waals surface area contributed by atoms with Gasteiger partial charge >= 0.3 is 12.1 Å². The normalized spacial score (nSPS) is 11.8. The zero-order valence-electron chi connectivity index (χ0n) is 20.0. The van der Waals surface area contributed by atoms with Crippen LogP contribution in [-0.4, -0.2) is 61.1 Å². The van der Waals surface area contributed by atoms with Crippen LogP contribution < -0.4 is 10.6 Å². The van der Waals surface area contributed by atoms with Crippen molar-refractivity contribution < 1.29 is 28.7 Å². The Hall–Kier alpha value is -3.10. The Kier molecular flexibility index (Phi) is 10.2. The molecule has 0 fully saturated rings. The second-order valence-electron chi connectivity index (χ2n) is 8.44. The third-order valence-corrected chi connectivity index (χ3v) is 4.58. The molecule has 9 heteroatoms. The molecular formula is C23H35N3O6. The van der Waals surface area contributed by atoms with Gasteiger partial charge in [0.2, 0.25) is 11.8 Å². The summed E-state index contributed by atoms with van der Waals surface area (Å²) in [6.07, 6.45) is -0.134. The molecule has 2 N–H and O–H groups in total. The van der Waals surface area contributed by atoms with Crippen molar-refractivity contribution in [1.29, 1.82) is 0 Å². The fourth-order valence-electron chi connectivity index (χ4n) is 3.22. The fraction of sp³-hybridized carbons (Fsp3) is 0.565. The first kappa shape index (κ1) is 26.9. The van der Waals surface area contributed by atoms with E-state index in [4.69, 9.17) is 4.74 Å². The molecular weight excluding hydrogens is 414 g/mol. The van der Waals surface area contributed by atoms with E-state index in [1.54, 1.807) is 20.8 Å². The van der Waals surface area contributed by atoms with Gasteiger partial charge in [0.1, 0.15) is 24.7 Å². The Morgan fingerprint density at radius 3 is 2.12 bits per heavy atom. The van der Waals surface area contributed by atoms with Crippen molar-refractivity contribution in [2.75, 3.05) is 26.7 Å². The molecule has 1 aromatic rings. The van der Waals surface area contributed by atoms with Crippen LogP contribution in [0.4, 0.5) is 4.79 Å². The summed E-state index contributed by atoms with van der Waals surface area (Å²) in [6.45, 7) is 10.4. The minimum atomic E-state index is -0.978. The number of esters is 1. The highest BCUT2D eigenvalue weighted by Crippen LogP contribution is 2.28. The molecule has 0 saturated carbocycles. The van der Waals surface area contributed by atoms with E-state index in [0.29, 0.717) is 12.0 Å². The predicted molar refractivity (Wildman–Crippen MR) is 120 cm³/mol. The lowest BCUT2D eigenvalue weighted by Crippen LogP contribution is -2.49. The van der Waals surface area contributed by atoms with Crippen molar-refractivity contribution in [3.63, 3.8) is 0 Å². The molecule has 1 atom stereocenters. The number of methoxy groups -OCH3 is 1. The molecule has 0 spiro atoms. The maximum Gasteiger partial charge on any atom is 0.408 e. The molecule has 0 bridgehead atoms. The van der Waals surface area contributed by atoms with Gasteiger partial charge in [0.15, 0.2) is 0 Å². The Bertz CT molecular complexity index is 811. The molecule has 32 heavy (non-hydrogen) atoms. The van der Waals surface area contributed by atoms with Gasteiger partial charge in [-0.15, -0.1) is 0 Å². The summed E-state index contributed by atoms with van der Waals surface area (Å²) in [4.78, 5) is 51.3. The van der Waals surface area contributed by atoms with Gasteiger partial charge in [-0.25, -0.2) is 4.79 Å². The zero-order valence-corrected chi connectivity index (χ0v) is 20.0.